The highest BCUT2D eigenvalue weighted by atomic mass is 32.2. The number of hydrogen-bond donors (Lipinski definition) is 3. The van der Waals surface area contributed by atoms with Crippen LogP contribution in [-0.2, 0) is 31.3 Å². The van der Waals surface area contributed by atoms with Crippen molar-refractivity contribution in [1.82, 2.24) is 0 Å². The van der Waals surface area contributed by atoms with Crippen molar-refractivity contribution in [2.75, 3.05) is 22.0 Å². The van der Waals surface area contributed by atoms with E-state index in [0.717, 1.165) is 34.8 Å². The molecule has 0 aliphatic carbocycles. The molecule has 3 rings (SSSR count). The SMILES string of the molecule is CS(=O)(=O)Nc1cc(NS(C)(=O)=O)cc(-c2ccc(-c3ccccc3)cc2CCC(N)=O)c1. The first kappa shape index (κ1) is 24.3. The maximum Gasteiger partial charge on any atom is 0.229 e. The van der Waals surface area contributed by atoms with Gasteiger partial charge in [-0.1, -0.05) is 48.5 Å². The number of anilines is 2. The van der Waals surface area contributed by atoms with Crippen LogP contribution in [0.4, 0.5) is 11.4 Å². The first-order valence-corrected chi connectivity index (χ1v) is 13.8. The van der Waals surface area contributed by atoms with Crippen LogP contribution in [0.25, 0.3) is 22.3 Å². The quantitative estimate of drug-likeness (QED) is 0.426. The van der Waals surface area contributed by atoms with E-state index in [9.17, 15) is 21.6 Å². The number of primary amides is 1. The number of carbonyl (C=O) groups excluding carboxylic acids is 1. The van der Waals surface area contributed by atoms with E-state index in [1.165, 1.54) is 6.07 Å². The molecule has 0 unspecified atom stereocenters. The van der Waals surface area contributed by atoms with E-state index in [1.807, 2.05) is 48.5 Å². The van der Waals surface area contributed by atoms with E-state index >= 15 is 0 Å². The smallest absolute Gasteiger partial charge is 0.229 e. The van der Waals surface area contributed by atoms with Crippen molar-refractivity contribution in [3.8, 4) is 22.3 Å². The number of hydrogen-bond acceptors (Lipinski definition) is 5. The van der Waals surface area contributed by atoms with Gasteiger partial charge in [0.2, 0.25) is 26.0 Å². The van der Waals surface area contributed by atoms with Crippen LogP contribution in [-0.4, -0.2) is 35.3 Å². The van der Waals surface area contributed by atoms with Crippen molar-refractivity contribution in [2.45, 2.75) is 12.8 Å². The summed E-state index contributed by atoms with van der Waals surface area (Å²) in [6.07, 6.45) is 2.51. The van der Waals surface area contributed by atoms with Gasteiger partial charge in [-0.15, -0.1) is 0 Å². The molecule has 0 aromatic heterocycles. The molecule has 0 heterocycles. The maximum atomic E-state index is 11.8. The van der Waals surface area contributed by atoms with Gasteiger partial charge in [-0.3, -0.25) is 14.2 Å². The molecule has 0 radical (unpaired) electrons. The minimum absolute atomic E-state index is 0.126. The first-order chi connectivity index (χ1) is 15.4. The molecule has 0 bridgehead atoms. The van der Waals surface area contributed by atoms with Gasteiger partial charge in [0.15, 0.2) is 0 Å². The summed E-state index contributed by atoms with van der Waals surface area (Å²) in [7, 11) is -7.20. The summed E-state index contributed by atoms with van der Waals surface area (Å²) < 4.78 is 51.9. The largest absolute Gasteiger partial charge is 0.370 e. The van der Waals surface area contributed by atoms with Crippen LogP contribution < -0.4 is 15.2 Å². The van der Waals surface area contributed by atoms with Crippen LogP contribution >= 0.6 is 0 Å². The van der Waals surface area contributed by atoms with Gasteiger partial charge < -0.3 is 5.73 Å². The number of amides is 1. The minimum atomic E-state index is -3.60. The van der Waals surface area contributed by atoms with E-state index in [0.29, 0.717) is 12.0 Å². The van der Waals surface area contributed by atoms with Crippen LogP contribution in [0.2, 0.25) is 0 Å². The minimum Gasteiger partial charge on any atom is -0.370 e. The average molecular weight is 488 g/mol. The predicted octanol–water partition coefficient (Wildman–Crippen LogP) is 3.18. The van der Waals surface area contributed by atoms with Crippen molar-refractivity contribution in [3.05, 3.63) is 72.3 Å². The summed E-state index contributed by atoms with van der Waals surface area (Å²) in [4.78, 5) is 11.5. The lowest BCUT2D eigenvalue weighted by Gasteiger charge is -2.16. The van der Waals surface area contributed by atoms with Gasteiger partial charge in [-0.2, -0.15) is 0 Å². The lowest BCUT2D eigenvalue weighted by atomic mass is 9.92. The van der Waals surface area contributed by atoms with Crippen LogP contribution in [0.3, 0.4) is 0 Å². The molecule has 1 amide bonds. The summed E-state index contributed by atoms with van der Waals surface area (Å²) in [6.45, 7) is 0. The Morgan fingerprint density at radius 2 is 1.33 bits per heavy atom. The molecule has 8 nitrogen and oxygen atoms in total. The predicted molar refractivity (Wildman–Crippen MR) is 132 cm³/mol. The van der Waals surface area contributed by atoms with Gasteiger partial charge in [0.25, 0.3) is 0 Å². The van der Waals surface area contributed by atoms with Gasteiger partial charge in [-0.05, 0) is 52.4 Å². The molecule has 0 saturated carbocycles. The highest BCUT2D eigenvalue weighted by molar-refractivity contribution is 7.92. The third-order valence-electron chi connectivity index (χ3n) is 4.70. The summed E-state index contributed by atoms with van der Waals surface area (Å²) >= 11 is 0. The fraction of sp³-hybridized carbons (Fsp3) is 0.174. The topological polar surface area (TPSA) is 135 Å². The van der Waals surface area contributed by atoms with Gasteiger partial charge in [0.05, 0.1) is 23.9 Å². The molecule has 3 aromatic rings. The van der Waals surface area contributed by atoms with Gasteiger partial charge in [-0.25, -0.2) is 16.8 Å². The van der Waals surface area contributed by atoms with E-state index in [2.05, 4.69) is 9.44 Å². The highest BCUT2D eigenvalue weighted by Gasteiger charge is 2.14. The zero-order valence-corrected chi connectivity index (χ0v) is 19.8. The molecule has 3 aromatic carbocycles. The van der Waals surface area contributed by atoms with E-state index in [-0.39, 0.29) is 17.8 Å². The highest BCUT2D eigenvalue weighted by Crippen LogP contribution is 2.34. The van der Waals surface area contributed by atoms with Crippen molar-refractivity contribution < 1.29 is 21.6 Å². The van der Waals surface area contributed by atoms with Crippen molar-refractivity contribution in [1.29, 1.82) is 0 Å². The molecule has 4 N–H and O–H groups in total. The lowest BCUT2D eigenvalue weighted by molar-refractivity contribution is -0.117. The molecule has 0 aliphatic heterocycles. The summed E-state index contributed by atoms with van der Waals surface area (Å²) in [5, 5.41) is 0. The fourth-order valence-corrected chi connectivity index (χ4v) is 4.57. The van der Waals surface area contributed by atoms with Crippen molar-refractivity contribution in [3.63, 3.8) is 0 Å². The second-order valence-electron chi connectivity index (χ2n) is 7.75. The lowest BCUT2D eigenvalue weighted by Crippen LogP contribution is -2.13. The molecule has 33 heavy (non-hydrogen) atoms. The second-order valence-corrected chi connectivity index (χ2v) is 11.2. The number of benzene rings is 3. The van der Waals surface area contributed by atoms with Gasteiger partial charge in [0.1, 0.15) is 0 Å². The Morgan fingerprint density at radius 1 is 0.758 bits per heavy atom. The number of nitrogens with two attached hydrogens (primary N) is 1. The fourth-order valence-electron chi connectivity index (χ4n) is 3.48. The maximum absolute atomic E-state index is 11.8. The summed E-state index contributed by atoms with van der Waals surface area (Å²) in [6, 6.07) is 20.1. The number of aryl methyl sites for hydroxylation is 1. The van der Waals surface area contributed by atoms with Gasteiger partial charge >= 0.3 is 0 Å². The molecule has 174 valence electrons. The van der Waals surface area contributed by atoms with Crippen LogP contribution in [0.1, 0.15) is 12.0 Å². The zero-order valence-electron chi connectivity index (χ0n) is 18.2. The second kappa shape index (κ2) is 9.63. The Hall–Kier alpha value is -3.37. The summed E-state index contributed by atoms with van der Waals surface area (Å²) in [5.74, 6) is -0.446. The molecular formula is C23H25N3O5S2. The molecular weight excluding hydrogens is 462 g/mol. The summed E-state index contributed by atoms with van der Waals surface area (Å²) in [5.41, 5.74) is 9.84. The van der Waals surface area contributed by atoms with Crippen LogP contribution in [0.15, 0.2) is 66.7 Å². The Bertz CT molecular complexity index is 1330. The van der Waals surface area contributed by atoms with Crippen molar-refractivity contribution >= 4 is 37.3 Å². The molecule has 0 atom stereocenters. The van der Waals surface area contributed by atoms with E-state index < -0.39 is 26.0 Å². The van der Waals surface area contributed by atoms with E-state index in [1.54, 1.807) is 12.1 Å². The standard InChI is InChI=1S/C23H25N3O5S2/c1-32(28,29)25-20-13-19(14-21(15-20)26-33(2,30)31)22-10-8-17(16-6-4-3-5-7-16)12-18(22)9-11-23(24)27/h3-8,10,12-15,25-26H,9,11H2,1-2H3,(H2,24,27). The van der Waals surface area contributed by atoms with Crippen LogP contribution in [0, 0.1) is 0 Å². The third-order valence-corrected chi connectivity index (χ3v) is 5.92. The third kappa shape index (κ3) is 7.33. The van der Waals surface area contributed by atoms with Gasteiger partial charge in [0, 0.05) is 6.42 Å². The number of sulfonamides is 2. The molecule has 0 fully saturated rings. The number of rotatable bonds is 9. The molecule has 0 aliphatic rings. The first-order valence-electron chi connectivity index (χ1n) is 9.97. The monoisotopic (exact) mass is 487 g/mol. The Kier molecular flexibility index (Phi) is 7.09. The Morgan fingerprint density at radius 3 is 1.85 bits per heavy atom. The average Bonchev–Trinajstić information content (AvgIpc) is 2.70. The molecule has 0 saturated heterocycles. The van der Waals surface area contributed by atoms with Crippen LogP contribution in [0.5, 0.6) is 0 Å². The Balaban J connectivity index is 2.16. The molecule has 0 spiro atoms. The number of nitrogens with one attached hydrogen (secondary N) is 2. The normalized spacial score (nSPS) is 11.7. The zero-order chi connectivity index (χ0) is 24.2. The Labute approximate surface area is 193 Å². The van der Waals surface area contributed by atoms with E-state index in [4.69, 9.17) is 5.73 Å². The molecule has 10 heteroatoms. The van der Waals surface area contributed by atoms with Crippen molar-refractivity contribution in [2.24, 2.45) is 5.73 Å². The number of carbonyl (C=O) groups is 1.